The average molecular weight is 525 g/mol. The molecule has 1 saturated carbocycles. The third kappa shape index (κ3) is 5.00. The molecule has 0 radical (unpaired) electrons. The van der Waals surface area contributed by atoms with E-state index in [4.69, 9.17) is 11.5 Å². The highest BCUT2D eigenvalue weighted by Gasteiger charge is 2.35. The van der Waals surface area contributed by atoms with Gasteiger partial charge in [0.25, 0.3) is 11.8 Å². The normalized spacial score (nSPS) is 17.3. The Bertz CT molecular complexity index is 1540. The van der Waals surface area contributed by atoms with Gasteiger partial charge in [0.15, 0.2) is 5.69 Å². The second kappa shape index (κ2) is 10.2. The van der Waals surface area contributed by atoms with Crippen molar-refractivity contribution < 1.29 is 9.59 Å². The van der Waals surface area contributed by atoms with E-state index in [1.54, 1.807) is 12.1 Å². The second-order valence-electron chi connectivity index (χ2n) is 10.6. The van der Waals surface area contributed by atoms with Crippen LogP contribution in [0.5, 0.6) is 0 Å². The van der Waals surface area contributed by atoms with Crippen LogP contribution in [0.25, 0.3) is 10.9 Å². The molecule has 2 aromatic carbocycles. The van der Waals surface area contributed by atoms with Crippen LogP contribution in [0.15, 0.2) is 54.9 Å². The second-order valence-corrected chi connectivity index (χ2v) is 10.6. The van der Waals surface area contributed by atoms with Crippen molar-refractivity contribution >= 4 is 28.4 Å². The highest BCUT2D eigenvalue weighted by Crippen LogP contribution is 2.39. The molecule has 1 aliphatic carbocycles. The molecular formula is C29H32N8O2. The van der Waals surface area contributed by atoms with Crippen LogP contribution in [-0.2, 0) is 5.54 Å². The summed E-state index contributed by atoms with van der Waals surface area (Å²) in [7, 11) is 0. The van der Waals surface area contributed by atoms with E-state index in [9.17, 15) is 9.59 Å². The minimum absolute atomic E-state index is 0.284. The van der Waals surface area contributed by atoms with E-state index in [1.165, 1.54) is 19.2 Å². The Balaban J connectivity index is 1.37. The first-order valence-corrected chi connectivity index (χ1v) is 13.4. The zero-order valence-electron chi connectivity index (χ0n) is 21.7. The van der Waals surface area contributed by atoms with Crippen LogP contribution in [0.2, 0.25) is 0 Å². The zero-order valence-corrected chi connectivity index (χ0v) is 21.7. The monoisotopic (exact) mass is 524 g/mol. The van der Waals surface area contributed by atoms with Crippen LogP contribution in [0, 0.1) is 0 Å². The molecule has 39 heavy (non-hydrogen) atoms. The summed E-state index contributed by atoms with van der Waals surface area (Å²) in [5.41, 5.74) is 16.1. The molecule has 1 saturated heterocycles. The smallest absolute Gasteiger partial charge is 0.276 e. The molecule has 6 rings (SSSR count). The fourth-order valence-corrected chi connectivity index (χ4v) is 5.51. The number of likely N-dealkylation sites (tertiary alicyclic amines) is 1. The number of carbonyl (C=O) groups excluding carboxylic acids is 2. The lowest BCUT2D eigenvalue weighted by molar-refractivity contribution is 0.0998. The number of carbonyl (C=O) groups is 2. The minimum Gasteiger partial charge on any atom is -0.366 e. The van der Waals surface area contributed by atoms with Gasteiger partial charge < -0.3 is 21.7 Å². The molecule has 2 aromatic heterocycles. The molecule has 1 aliphatic heterocycles. The largest absolute Gasteiger partial charge is 0.366 e. The van der Waals surface area contributed by atoms with Crippen LogP contribution < -0.4 is 16.8 Å². The van der Waals surface area contributed by atoms with Crippen molar-refractivity contribution in [3.8, 4) is 0 Å². The van der Waals surface area contributed by atoms with Crippen LogP contribution in [-0.4, -0.2) is 56.5 Å². The van der Waals surface area contributed by atoms with E-state index in [1.807, 2.05) is 36.4 Å². The molecular weight excluding hydrogens is 492 g/mol. The number of para-hydroxylation sites is 1. The van der Waals surface area contributed by atoms with Gasteiger partial charge in [-0.15, -0.1) is 0 Å². The van der Waals surface area contributed by atoms with E-state index in [-0.39, 0.29) is 5.91 Å². The predicted molar refractivity (Wildman–Crippen MR) is 148 cm³/mol. The quantitative estimate of drug-likeness (QED) is 0.262. The van der Waals surface area contributed by atoms with Crippen molar-refractivity contribution in [1.29, 1.82) is 0 Å². The summed E-state index contributed by atoms with van der Waals surface area (Å²) in [6.45, 7) is 2.86. The van der Waals surface area contributed by atoms with Crippen molar-refractivity contribution in [1.82, 2.24) is 25.1 Å². The van der Waals surface area contributed by atoms with Gasteiger partial charge in [0.1, 0.15) is 6.33 Å². The molecule has 10 heteroatoms. The third-order valence-electron chi connectivity index (χ3n) is 7.86. The van der Waals surface area contributed by atoms with Crippen molar-refractivity contribution in [2.75, 3.05) is 25.0 Å². The molecule has 3 heterocycles. The Hall–Kier alpha value is -4.15. The van der Waals surface area contributed by atoms with Crippen LogP contribution in [0.4, 0.5) is 5.69 Å². The molecule has 4 aromatic rings. The molecule has 2 aliphatic rings. The zero-order chi connectivity index (χ0) is 27.0. The van der Waals surface area contributed by atoms with E-state index < -0.39 is 11.4 Å². The summed E-state index contributed by atoms with van der Waals surface area (Å²) in [4.78, 5) is 36.5. The Morgan fingerprint density at radius 3 is 2.64 bits per heavy atom. The molecule has 2 amide bonds. The van der Waals surface area contributed by atoms with E-state index in [2.05, 4.69) is 30.4 Å². The van der Waals surface area contributed by atoms with Gasteiger partial charge in [0.05, 0.1) is 22.3 Å². The summed E-state index contributed by atoms with van der Waals surface area (Å²) in [5, 5.41) is 10.8. The van der Waals surface area contributed by atoms with E-state index in [0.29, 0.717) is 45.9 Å². The lowest BCUT2D eigenvalue weighted by Gasteiger charge is -2.32. The fraction of sp³-hybridized carbons (Fsp3) is 0.345. The number of rotatable bonds is 9. The molecule has 6 N–H and O–H groups in total. The number of nitrogens with one attached hydrogen (secondary N) is 2. The van der Waals surface area contributed by atoms with Crippen LogP contribution in [0.3, 0.4) is 0 Å². The number of hydrogen-bond donors (Lipinski definition) is 4. The van der Waals surface area contributed by atoms with Gasteiger partial charge in [-0.25, -0.2) is 9.97 Å². The Labute approximate surface area is 226 Å². The number of benzene rings is 2. The molecule has 1 atom stereocenters. The summed E-state index contributed by atoms with van der Waals surface area (Å²) in [6.07, 6.45) is 6.61. The van der Waals surface area contributed by atoms with Crippen molar-refractivity contribution in [2.45, 2.75) is 43.6 Å². The van der Waals surface area contributed by atoms with Gasteiger partial charge in [0, 0.05) is 29.2 Å². The SMILES string of the molecule is NC(=O)c1cccc2c(C(N)(CCN3CCCC3)c3cccc(NC(=O)c4cc(C5CC5)[nH]n4)c3)ncnc12. The minimum atomic E-state index is -1.02. The predicted octanol–water partition coefficient (Wildman–Crippen LogP) is 3.27. The number of fused-ring (bicyclic) bond motifs is 1. The van der Waals surface area contributed by atoms with Gasteiger partial charge in [-0.2, -0.15) is 5.10 Å². The molecule has 200 valence electrons. The average Bonchev–Trinajstić information content (AvgIpc) is 3.43. The number of aromatic nitrogens is 4. The maximum absolute atomic E-state index is 13.0. The van der Waals surface area contributed by atoms with Crippen LogP contribution in [0.1, 0.15) is 75.8 Å². The number of aromatic amines is 1. The van der Waals surface area contributed by atoms with Crippen molar-refractivity contribution in [3.05, 3.63) is 83.1 Å². The number of nitrogens with zero attached hydrogens (tertiary/aromatic N) is 4. The first kappa shape index (κ1) is 25.1. The number of hydrogen-bond acceptors (Lipinski definition) is 7. The van der Waals surface area contributed by atoms with Crippen LogP contribution >= 0.6 is 0 Å². The highest BCUT2D eigenvalue weighted by molar-refractivity contribution is 6.05. The number of H-pyrrole nitrogens is 1. The lowest BCUT2D eigenvalue weighted by Crippen LogP contribution is -2.42. The van der Waals surface area contributed by atoms with E-state index in [0.717, 1.165) is 43.7 Å². The highest BCUT2D eigenvalue weighted by atomic mass is 16.2. The molecule has 10 nitrogen and oxygen atoms in total. The molecule has 0 bridgehead atoms. The maximum atomic E-state index is 13.0. The summed E-state index contributed by atoms with van der Waals surface area (Å²) in [6, 6.07) is 14.7. The van der Waals surface area contributed by atoms with Gasteiger partial charge >= 0.3 is 0 Å². The maximum Gasteiger partial charge on any atom is 0.276 e. The van der Waals surface area contributed by atoms with Gasteiger partial charge in [-0.05, 0) is 75.0 Å². The van der Waals surface area contributed by atoms with E-state index >= 15 is 0 Å². The summed E-state index contributed by atoms with van der Waals surface area (Å²) >= 11 is 0. The van der Waals surface area contributed by atoms with Gasteiger partial charge in [-0.1, -0.05) is 24.3 Å². The first-order valence-electron chi connectivity index (χ1n) is 13.4. The van der Waals surface area contributed by atoms with Gasteiger partial charge in [-0.3, -0.25) is 14.7 Å². The van der Waals surface area contributed by atoms with Gasteiger partial charge in [0.2, 0.25) is 0 Å². The fourth-order valence-electron chi connectivity index (χ4n) is 5.51. The summed E-state index contributed by atoms with van der Waals surface area (Å²) in [5.74, 6) is -0.361. The summed E-state index contributed by atoms with van der Waals surface area (Å²) < 4.78 is 0. The molecule has 1 unspecified atom stereocenters. The first-order chi connectivity index (χ1) is 18.9. The number of nitrogens with two attached hydrogens (primary N) is 2. The van der Waals surface area contributed by atoms with Crippen molar-refractivity contribution in [2.24, 2.45) is 11.5 Å². The number of primary amides is 1. The molecule has 0 spiro atoms. The molecule has 2 fully saturated rings. The standard InChI is InChI=1S/C29H32N8O2/c30-27(38)22-8-4-7-21-25(22)32-17-33-26(21)29(31,11-14-37-12-1-2-13-37)19-5-3-6-20(15-19)34-28(39)24-16-23(35-36-24)18-9-10-18/h3-8,15-18H,1-2,9-14,31H2,(H2,30,38)(H,34,39)(H,35,36). The Morgan fingerprint density at radius 1 is 1.08 bits per heavy atom. The van der Waals surface area contributed by atoms with Crippen molar-refractivity contribution in [3.63, 3.8) is 0 Å². The topological polar surface area (TPSA) is 156 Å². The third-order valence-corrected chi connectivity index (χ3v) is 7.86. The number of anilines is 1. The number of amides is 2. The Kier molecular flexibility index (Phi) is 6.58. The Morgan fingerprint density at radius 2 is 1.87 bits per heavy atom. The lowest BCUT2D eigenvalue weighted by atomic mass is 9.82.